The van der Waals surface area contributed by atoms with Gasteiger partial charge < -0.3 is 9.64 Å². The van der Waals surface area contributed by atoms with Crippen molar-refractivity contribution in [1.29, 1.82) is 0 Å². The summed E-state index contributed by atoms with van der Waals surface area (Å²) in [6.07, 6.45) is 4.45. The van der Waals surface area contributed by atoms with Crippen molar-refractivity contribution >= 4 is 16.7 Å². The molecule has 4 rings (SSSR count). The van der Waals surface area contributed by atoms with Gasteiger partial charge in [0.15, 0.2) is 5.69 Å². The molecule has 2 aromatic rings. The molecule has 7 nitrogen and oxygen atoms in total. The molecule has 2 aliphatic heterocycles. The number of hydrogen-bond donors (Lipinski definition) is 0. The average Bonchev–Trinajstić information content (AvgIpc) is 3.26. The molecule has 1 amide bonds. The highest BCUT2D eigenvalue weighted by molar-refractivity contribution is 6.04. The third kappa shape index (κ3) is 4.36. The molecular formula is C22H30N4O3. The highest BCUT2D eigenvalue weighted by atomic mass is 16.5. The van der Waals surface area contributed by atoms with Crippen LogP contribution in [-0.2, 0) is 11.3 Å². The molecule has 3 heterocycles. The van der Waals surface area contributed by atoms with Crippen LogP contribution in [0.4, 0.5) is 0 Å². The van der Waals surface area contributed by atoms with E-state index >= 15 is 0 Å². The Morgan fingerprint density at radius 3 is 2.62 bits per heavy atom. The van der Waals surface area contributed by atoms with Gasteiger partial charge in [-0.25, -0.2) is 4.68 Å². The Balaban J connectivity index is 1.52. The van der Waals surface area contributed by atoms with E-state index in [1.54, 1.807) is 6.07 Å². The van der Waals surface area contributed by atoms with Gasteiger partial charge in [-0.05, 0) is 25.3 Å². The van der Waals surface area contributed by atoms with Crippen LogP contribution in [0.2, 0.25) is 0 Å². The number of rotatable bonds is 6. The lowest BCUT2D eigenvalue weighted by Gasteiger charge is -2.35. The van der Waals surface area contributed by atoms with Crippen molar-refractivity contribution in [2.75, 3.05) is 39.3 Å². The maximum Gasteiger partial charge on any atom is 0.275 e. The summed E-state index contributed by atoms with van der Waals surface area (Å²) in [6, 6.07) is 7.31. The van der Waals surface area contributed by atoms with Crippen LogP contribution >= 0.6 is 0 Å². The van der Waals surface area contributed by atoms with Crippen molar-refractivity contribution in [3.63, 3.8) is 0 Å². The van der Waals surface area contributed by atoms with Gasteiger partial charge in [-0.1, -0.05) is 31.5 Å². The van der Waals surface area contributed by atoms with E-state index in [0.29, 0.717) is 42.2 Å². The number of ether oxygens (including phenoxy) is 1. The Kier molecular flexibility index (Phi) is 6.25. The number of amides is 1. The first kappa shape index (κ1) is 20.0. The number of hydrogen-bond acceptors (Lipinski definition) is 5. The second kappa shape index (κ2) is 9.05. The van der Waals surface area contributed by atoms with Crippen LogP contribution in [0.5, 0.6) is 0 Å². The molecule has 0 aliphatic carbocycles. The van der Waals surface area contributed by atoms with Crippen LogP contribution in [-0.4, -0.2) is 70.9 Å². The number of fused-ring (bicyclic) bond motifs is 1. The zero-order valence-corrected chi connectivity index (χ0v) is 17.2. The van der Waals surface area contributed by atoms with Crippen molar-refractivity contribution in [2.45, 2.75) is 45.3 Å². The van der Waals surface area contributed by atoms with Gasteiger partial charge in [0.05, 0.1) is 11.5 Å². The lowest BCUT2D eigenvalue weighted by molar-refractivity contribution is 0.0429. The van der Waals surface area contributed by atoms with E-state index in [9.17, 15) is 9.59 Å². The smallest absolute Gasteiger partial charge is 0.275 e. The van der Waals surface area contributed by atoms with E-state index in [1.165, 1.54) is 4.68 Å². The second-order valence-electron chi connectivity index (χ2n) is 8.00. The second-order valence-corrected chi connectivity index (χ2v) is 8.00. The quantitative estimate of drug-likeness (QED) is 0.746. The number of carbonyl (C=O) groups is 1. The average molecular weight is 399 g/mol. The number of aromatic nitrogens is 2. The van der Waals surface area contributed by atoms with E-state index < -0.39 is 0 Å². The van der Waals surface area contributed by atoms with Gasteiger partial charge in [0.1, 0.15) is 0 Å². The molecule has 0 bridgehead atoms. The molecule has 0 radical (unpaired) electrons. The molecule has 7 heteroatoms. The van der Waals surface area contributed by atoms with Crippen LogP contribution in [0.1, 0.15) is 43.1 Å². The number of carbonyl (C=O) groups excluding carboxylic acids is 1. The van der Waals surface area contributed by atoms with E-state index in [1.807, 2.05) is 23.1 Å². The molecule has 0 N–H and O–H groups in total. The van der Waals surface area contributed by atoms with Gasteiger partial charge in [-0.2, -0.15) is 5.10 Å². The molecule has 1 aromatic carbocycles. The summed E-state index contributed by atoms with van der Waals surface area (Å²) in [4.78, 5) is 30.3. The Labute approximate surface area is 171 Å². The van der Waals surface area contributed by atoms with E-state index in [4.69, 9.17) is 4.74 Å². The normalized spacial score (nSPS) is 20.4. The zero-order valence-electron chi connectivity index (χ0n) is 17.2. The van der Waals surface area contributed by atoms with Crippen molar-refractivity contribution in [2.24, 2.45) is 0 Å². The minimum absolute atomic E-state index is 0.0804. The van der Waals surface area contributed by atoms with Crippen LogP contribution in [0.3, 0.4) is 0 Å². The molecule has 0 spiro atoms. The fourth-order valence-corrected chi connectivity index (χ4v) is 4.21. The third-order valence-electron chi connectivity index (χ3n) is 5.94. The molecular weight excluding hydrogens is 368 g/mol. The van der Waals surface area contributed by atoms with E-state index in [0.717, 1.165) is 51.9 Å². The first-order valence-electron chi connectivity index (χ1n) is 10.8. The summed E-state index contributed by atoms with van der Waals surface area (Å²) in [5.74, 6) is -0.0804. The number of aryl methyl sites for hydroxylation is 1. The number of nitrogens with zero attached hydrogens (tertiary/aromatic N) is 4. The summed E-state index contributed by atoms with van der Waals surface area (Å²) in [6.45, 7) is 7.48. The fraction of sp³-hybridized carbons (Fsp3) is 0.591. The molecule has 29 heavy (non-hydrogen) atoms. The third-order valence-corrected chi connectivity index (χ3v) is 5.94. The Morgan fingerprint density at radius 2 is 1.93 bits per heavy atom. The number of benzene rings is 1. The van der Waals surface area contributed by atoms with Crippen LogP contribution in [0, 0.1) is 0 Å². The Morgan fingerprint density at radius 1 is 1.17 bits per heavy atom. The van der Waals surface area contributed by atoms with Gasteiger partial charge in [0, 0.05) is 51.3 Å². The Hall–Kier alpha value is -2.25. The lowest BCUT2D eigenvalue weighted by Crippen LogP contribution is -2.50. The monoisotopic (exact) mass is 398 g/mol. The maximum absolute atomic E-state index is 13.3. The molecule has 2 aliphatic rings. The predicted molar refractivity (Wildman–Crippen MR) is 112 cm³/mol. The highest BCUT2D eigenvalue weighted by Gasteiger charge is 2.27. The van der Waals surface area contributed by atoms with E-state index in [2.05, 4.69) is 16.9 Å². The summed E-state index contributed by atoms with van der Waals surface area (Å²) in [7, 11) is 0. The largest absolute Gasteiger partial charge is 0.377 e. The van der Waals surface area contributed by atoms with Crippen LogP contribution < -0.4 is 5.56 Å². The van der Waals surface area contributed by atoms with E-state index in [-0.39, 0.29) is 11.5 Å². The minimum Gasteiger partial charge on any atom is -0.377 e. The standard InChI is InChI=1S/C22H30N4O3/c1-2-3-10-26-21(27)19-9-5-4-8-18(19)20(23-26)22(28)25-13-11-24(12-14-25)16-17-7-6-15-29-17/h4-5,8-9,17H,2-3,6-7,10-16H2,1H3/t17-/m0/s1. The lowest BCUT2D eigenvalue weighted by atomic mass is 10.1. The van der Waals surface area contributed by atoms with Crippen molar-refractivity contribution in [1.82, 2.24) is 19.6 Å². The summed E-state index contributed by atoms with van der Waals surface area (Å²) in [5.41, 5.74) is 0.274. The fourth-order valence-electron chi connectivity index (χ4n) is 4.21. The Bertz CT molecular complexity index is 912. The van der Waals surface area contributed by atoms with Gasteiger partial charge in [-0.3, -0.25) is 14.5 Å². The highest BCUT2D eigenvalue weighted by Crippen LogP contribution is 2.18. The number of unbranched alkanes of at least 4 members (excludes halogenated alkanes) is 1. The first-order valence-corrected chi connectivity index (χ1v) is 10.8. The molecule has 1 aromatic heterocycles. The maximum atomic E-state index is 13.3. The zero-order chi connectivity index (χ0) is 20.2. The molecule has 156 valence electrons. The van der Waals surface area contributed by atoms with Gasteiger partial charge >= 0.3 is 0 Å². The topological polar surface area (TPSA) is 67.7 Å². The molecule has 2 fully saturated rings. The first-order chi connectivity index (χ1) is 14.2. The van der Waals surface area contributed by atoms with Gasteiger partial charge in [0.2, 0.25) is 0 Å². The van der Waals surface area contributed by atoms with Crippen molar-refractivity contribution < 1.29 is 9.53 Å². The minimum atomic E-state index is -0.119. The van der Waals surface area contributed by atoms with Crippen LogP contribution in [0.15, 0.2) is 29.1 Å². The van der Waals surface area contributed by atoms with Gasteiger partial charge in [0.25, 0.3) is 11.5 Å². The molecule has 2 saturated heterocycles. The summed E-state index contributed by atoms with van der Waals surface area (Å²) in [5, 5.41) is 5.71. The van der Waals surface area contributed by atoms with Crippen molar-refractivity contribution in [3.05, 3.63) is 40.3 Å². The summed E-state index contributed by atoms with van der Waals surface area (Å²) >= 11 is 0. The molecule has 1 atom stereocenters. The molecule has 0 saturated carbocycles. The summed E-state index contributed by atoms with van der Waals surface area (Å²) < 4.78 is 7.20. The van der Waals surface area contributed by atoms with Crippen LogP contribution in [0.25, 0.3) is 10.8 Å². The number of piperazine rings is 1. The molecule has 0 unspecified atom stereocenters. The SMILES string of the molecule is CCCCn1nc(C(=O)N2CCN(C[C@@H]3CCCO3)CC2)c2ccccc2c1=O. The van der Waals surface area contributed by atoms with Gasteiger partial charge in [-0.15, -0.1) is 0 Å². The predicted octanol–water partition coefficient (Wildman–Crippen LogP) is 2.13. The van der Waals surface area contributed by atoms with Crippen molar-refractivity contribution in [3.8, 4) is 0 Å².